The number of aromatic nitrogens is 2. The number of nitrogens with zero attached hydrogens (tertiary/aromatic N) is 3. The number of hydrogen-bond acceptors (Lipinski definition) is 3. The van der Waals surface area contributed by atoms with E-state index in [0.29, 0.717) is 6.54 Å². The smallest absolute Gasteiger partial charge is 0.242 e. The van der Waals surface area contributed by atoms with Crippen LogP contribution in [0.3, 0.4) is 0 Å². The zero-order chi connectivity index (χ0) is 19.4. The van der Waals surface area contributed by atoms with Crippen molar-refractivity contribution in [3.8, 4) is 5.69 Å². The molecule has 1 N–H and O–H groups in total. The summed E-state index contributed by atoms with van der Waals surface area (Å²) in [5.41, 5.74) is 2.78. The lowest BCUT2D eigenvalue weighted by Crippen LogP contribution is -2.36. The lowest BCUT2D eigenvalue weighted by atomic mass is 10.0. The van der Waals surface area contributed by atoms with Gasteiger partial charge in [0.2, 0.25) is 5.91 Å². The van der Waals surface area contributed by atoms with Crippen LogP contribution in [0.15, 0.2) is 60.9 Å². The van der Waals surface area contributed by atoms with Crippen molar-refractivity contribution in [3.63, 3.8) is 0 Å². The molecule has 5 nitrogen and oxygen atoms in total. The van der Waals surface area contributed by atoms with Gasteiger partial charge in [-0.1, -0.05) is 24.3 Å². The van der Waals surface area contributed by atoms with E-state index in [2.05, 4.69) is 10.3 Å². The van der Waals surface area contributed by atoms with E-state index >= 15 is 0 Å². The lowest BCUT2D eigenvalue weighted by Gasteiger charge is -2.24. The fourth-order valence-electron chi connectivity index (χ4n) is 3.04. The van der Waals surface area contributed by atoms with Gasteiger partial charge in [0.15, 0.2) is 0 Å². The number of carbonyl (C=O) groups is 1. The Morgan fingerprint density at radius 1 is 1.15 bits per heavy atom. The highest BCUT2D eigenvalue weighted by molar-refractivity contribution is 5.83. The second-order valence-electron chi connectivity index (χ2n) is 6.65. The molecule has 1 amide bonds. The molecule has 0 radical (unpaired) electrons. The van der Waals surface area contributed by atoms with Crippen LogP contribution in [-0.4, -0.2) is 34.5 Å². The summed E-state index contributed by atoms with van der Waals surface area (Å²) in [6.07, 6.45) is 3.68. The molecule has 0 saturated carbocycles. The first-order chi connectivity index (χ1) is 13.0. The summed E-state index contributed by atoms with van der Waals surface area (Å²) in [4.78, 5) is 18.7. The molecular formula is C21H23FN4O. The molecule has 1 heterocycles. The van der Waals surface area contributed by atoms with Crippen LogP contribution < -0.4 is 5.32 Å². The molecule has 0 unspecified atom stereocenters. The van der Waals surface area contributed by atoms with Crippen molar-refractivity contribution < 1.29 is 9.18 Å². The second kappa shape index (κ2) is 8.14. The summed E-state index contributed by atoms with van der Waals surface area (Å²) in [7, 11) is 3.66. The molecule has 6 heteroatoms. The van der Waals surface area contributed by atoms with Crippen molar-refractivity contribution in [2.45, 2.75) is 19.5 Å². The summed E-state index contributed by atoms with van der Waals surface area (Å²) in [5, 5.41) is 2.97. The second-order valence-corrected chi connectivity index (χ2v) is 6.65. The summed E-state index contributed by atoms with van der Waals surface area (Å²) >= 11 is 0. The summed E-state index contributed by atoms with van der Waals surface area (Å²) < 4.78 is 15.2. The van der Waals surface area contributed by atoms with E-state index in [1.807, 2.05) is 60.9 Å². The third-order valence-electron chi connectivity index (χ3n) is 4.46. The summed E-state index contributed by atoms with van der Waals surface area (Å²) in [6.45, 7) is 2.37. The highest BCUT2D eigenvalue weighted by Crippen LogP contribution is 2.19. The Kier molecular flexibility index (Phi) is 5.66. The van der Waals surface area contributed by atoms with E-state index < -0.39 is 6.04 Å². The number of halogens is 1. The fraction of sp³-hybridized carbons (Fsp3) is 0.238. The van der Waals surface area contributed by atoms with Gasteiger partial charge in [0.05, 0.1) is 0 Å². The van der Waals surface area contributed by atoms with Crippen LogP contribution >= 0.6 is 0 Å². The van der Waals surface area contributed by atoms with Gasteiger partial charge in [0.1, 0.15) is 17.7 Å². The maximum absolute atomic E-state index is 13.2. The highest BCUT2D eigenvalue weighted by Gasteiger charge is 2.22. The molecule has 0 fully saturated rings. The van der Waals surface area contributed by atoms with Crippen LogP contribution in [0.1, 0.15) is 23.0 Å². The molecule has 0 spiro atoms. The van der Waals surface area contributed by atoms with Crippen LogP contribution in [-0.2, 0) is 11.3 Å². The van der Waals surface area contributed by atoms with Gasteiger partial charge in [-0.2, -0.15) is 0 Å². The first kappa shape index (κ1) is 18.8. The quantitative estimate of drug-likeness (QED) is 0.729. The molecule has 3 aromatic rings. The van der Waals surface area contributed by atoms with Crippen LogP contribution in [0.2, 0.25) is 0 Å². The Hall–Kier alpha value is -2.99. The normalized spacial score (nSPS) is 12.2. The molecular weight excluding hydrogens is 343 g/mol. The Morgan fingerprint density at radius 3 is 2.37 bits per heavy atom. The van der Waals surface area contributed by atoms with E-state index in [1.165, 1.54) is 12.1 Å². The van der Waals surface area contributed by atoms with E-state index in [9.17, 15) is 9.18 Å². The number of likely N-dealkylation sites (N-methyl/N-ethyl adjacent to an activating group) is 1. The summed E-state index contributed by atoms with van der Waals surface area (Å²) in [6, 6.07) is 13.5. The Morgan fingerprint density at radius 2 is 1.81 bits per heavy atom. The number of amides is 1. The van der Waals surface area contributed by atoms with E-state index in [4.69, 9.17) is 0 Å². The van der Waals surface area contributed by atoms with Gasteiger partial charge in [-0.25, -0.2) is 9.37 Å². The Bertz CT molecular complexity index is 901. The van der Waals surface area contributed by atoms with Gasteiger partial charge in [-0.3, -0.25) is 9.69 Å². The van der Waals surface area contributed by atoms with Crippen molar-refractivity contribution in [2.24, 2.45) is 0 Å². The average Bonchev–Trinajstić information content (AvgIpc) is 3.08. The maximum Gasteiger partial charge on any atom is 0.242 e. The number of hydrogen-bond donors (Lipinski definition) is 1. The monoisotopic (exact) mass is 366 g/mol. The van der Waals surface area contributed by atoms with E-state index in [-0.39, 0.29) is 11.7 Å². The Labute approximate surface area is 158 Å². The van der Waals surface area contributed by atoms with Gasteiger partial charge in [0, 0.05) is 24.6 Å². The molecule has 0 aliphatic rings. The highest BCUT2D eigenvalue weighted by atomic mass is 19.1. The maximum atomic E-state index is 13.2. The van der Waals surface area contributed by atoms with Crippen molar-refractivity contribution in [3.05, 3.63) is 83.7 Å². The van der Waals surface area contributed by atoms with Gasteiger partial charge in [-0.05, 0) is 56.4 Å². The van der Waals surface area contributed by atoms with E-state index in [1.54, 1.807) is 18.3 Å². The van der Waals surface area contributed by atoms with E-state index in [0.717, 1.165) is 22.6 Å². The molecule has 0 saturated heterocycles. The molecule has 0 bridgehead atoms. The first-order valence-electron chi connectivity index (χ1n) is 8.74. The van der Waals surface area contributed by atoms with Gasteiger partial charge in [0.25, 0.3) is 0 Å². The van der Waals surface area contributed by atoms with Crippen molar-refractivity contribution in [1.82, 2.24) is 19.8 Å². The third-order valence-corrected chi connectivity index (χ3v) is 4.46. The molecule has 3 rings (SSSR count). The number of aryl methyl sites for hydroxylation is 1. The Balaban J connectivity index is 1.67. The van der Waals surface area contributed by atoms with Gasteiger partial charge < -0.3 is 9.88 Å². The van der Waals surface area contributed by atoms with Crippen LogP contribution in [0.5, 0.6) is 0 Å². The standard InChI is InChI=1S/C21H23FN4O/c1-15-23-12-13-26(15)19-10-4-16(5-11-19)14-24-21(27)20(25(2)3)17-6-8-18(22)9-7-17/h4-13,20H,14H2,1-3H3,(H,24,27)/t20-/m1/s1. The molecule has 27 heavy (non-hydrogen) atoms. The number of carbonyl (C=O) groups excluding carboxylic acids is 1. The third kappa shape index (κ3) is 4.41. The number of rotatable bonds is 6. The van der Waals surface area contributed by atoms with Crippen LogP contribution in [0, 0.1) is 12.7 Å². The topological polar surface area (TPSA) is 50.2 Å². The van der Waals surface area contributed by atoms with Crippen LogP contribution in [0.4, 0.5) is 4.39 Å². The fourth-order valence-corrected chi connectivity index (χ4v) is 3.04. The molecule has 140 valence electrons. The minimum atomic E-state index is -0.474. The minimum Gasteiger partial charge on any atom is -0.350 e. The summed E-state index contributed by atoms with van der Waals surface area (Å²) in [5.74, 6) is 0.482. The first-order valence-corrected chi connectivity index (χ1v) is 8.74. The molecule has 1 aromatic heterocycles. The van der Waals surface area contributed by atoms with Crippen LogP contribution in [0.25, 0.3) is 5.69 Å². The SMILES string of the molecule is Cc1nccn1-c1ccc(CNC(=O)[C@@H](c2ccc(F)cc2)N(C)C)cc1. The number of benzene rings is 2. The van der Waals surface area contributed by atoms with Gasteiger partial charge in [-0.15, -0.1) is 0 Å². The number of imidazole rings is 1. The molecule has 1 atom stereocenters. The molecule has 2 aromatic carbocycles. The minimum absolute atomic E-state index is 0.124. The average molecular weight is 366 g/mol. The predicted molar refractivity (Wildman–Crippen MR) is 103 cm³/mol. The molecule has 0 aliphatic heterocycles. The van der Waals surface area contributed by atoms with Crippen molar-refractivity contribution >= 4 is 5.91 Å². The van der Waals surface area contributed by atoms with Crippen molar-refractivity contribution in [2.75, 3.05) is 14.1 Å². The zero-order valence-corrected chi connectivity index (χ0v) is 15.7. The molecule has 0 aliphatic carbocycles. The number of nitrogens with one attached hydrogen (secondary N) is 1. The largest absolute Gasteiger partial charge is 0.350 e. The van der Waals surface area contributed by atoms with Gasteiger partial charge >= 0.3 is 0 Å². The lowest BCUT2D eigenvalue weighted by molar-refractivity contribution is -0.125. The van der Waals surface area contributed by atoms with Crippen molar-refractivity contribution in [1.29, 1.82) is 0 Å². The zero-order valence-electron chi connectivity index (χ0n) is 15.7. The predicted octanol–water partition coefficient (Wildman–Crippen LogP) is 3.24.